The summed E-state index contributed by atoms with van der Waals surface area (Å²) in [6, 6.07) is 4.56. The van der Waals surface area contributed by atoms with Gasteiger partial charge in [-0.3, -0.25) is 0 Å². The minimum absolute atomic E-state index is 0.141. The molecule has 1 aromatic carbocycles. The number of rotatable bonds is 5. The molecular formula is C11H12F5NO. The topological polar surface area (TPSA) is 35.2 Å². The molecule has 0 aromatic heterocycles. The Morgan fingerprint density at radius 2 is 1.78 bits per heavy atom. The molecule has 0 amide bonds. The van der Waals surface area contributed by atoms with Gasteiger partial charge in [0.15, 0.2) is 0 Å². The number of para-hydroxylation sites is 1. The van der Waals surface area contributed by atoms with E-state index < -0.39 is 25.3 Å². The number of halogens is 5. The van der Waals surface area contributed by atoms with Gasteiger partial charge in [0, 0.05) is 18.0 Å². The highest BCUT2D eigenvalue weighted by Crippen LogP contribution is 2.31. The van der Waals surface area contributed by atoms with Crippen LogP contribution in [0.1, 0.15) is 24.4 Å². The van der Waals surface area contributed by atoms with E-state index >= 15 is 0 Å². The van der Waals surface area contributed by atoms with Gasteiger partial charge in [0.05, 0.1) is 0 Å². The SMILES string of the molecule is NC(CCC(F)(F)F)c1ccccc1OC(F)F. The lowest BCUT2D eigenvalue weighted by atomic mass is 10.0. The molecule has 1 rings (SSSR count). The average Bonchev–Trinajstić information content (AvgIpc) is 2.25. The van der Waals surface area contributed by atoms with Gasteiger partial charge >= 0.3 is 12.8 Å². The fourth-order valence-electron chi connectivity index (χ4n) is 1.46. The fourth-order valence-corrected chi connectivity index (χ4v) is 1.46. The average molecular weight is 269 g/mol. The summed E-state index contributed by atoms with van der Waals surface area (Å²) in [6.45, 7) is -3.04. The zero-order valence-corrected chi connectivity index (χ0v) is 9.25. The van der Waals surface area contributed by atoms with Gasteiger partial charge in [-0.2, -0.15) is 22.0 Å². The smallest absolute Gasteiger partial charge is 0.389 e. The second-order valence-electron chi connectivity index (χ2n) is 3.68. The molecule has 0 fully saturated rings. The lowest BCUT2D eigenvalue weighted by Gasteiger charge is -2.17. The fraction of sp³-hybridized carbons (Fsp3) is 0.455. The van der Waals surface area contributed by atoms with Crippen LogP contribution in [0.2, 0.25) is 0 Å². The van der Waals surface area contributed by atoms with Gasteiger partial charge in [-0.1, -0.05) is 18.2 Å². The van der Waals surface area contributed by atoms with E-state index in [1.807, 2.05) is 0 Å². The van der Waals surface area contributed by atoms with E-state index in [2.05, 4.69) is 4.74 Å². The van der Waals surface area contributed by atoms with Gasteiger partial charge in [0.2, 0.25) is 0 Å². The van der Waals surface area contributed by atoms with Crippen molar-refractivity contribution in [3.8, 4) is 5.75 Å². The summed E-state index contributed by atoms with van der Waals surface area (Å²) < 4.78 is 64.5. The number of nitrogens with two attached hydrogens (primary N) is 1. The van der Waals surface area contributed by atoms with Crippen LogP contribution < -0.4 is 10.5 Å². The number of ether oxygens (including phenoxy) is 1. The molecule has 1 atom stereocenters. The van der Waals surface area contributed by atoms with Crippen molar-refractivity contribution in [1.82, 2.24) is 0 Å². The molecule has 0 aliphatic carbocycles. The minimum atomic E-state index is -4.32. The number of hydrogen-bond acceptors (Lipinski definition) is 2. The second-order valence-corrected chi connectivity index (χ2v) is 3.68. The van der Waals surface area contributed by atoms with Gasteiger partial charge in [-0.25, -0.2) is 0 Å². The second kappa shape index (κ2) is 5.99. The first-order chi connectivity index (χ1) is 8.29. The monoisotopic (exact) mass is 269 g/mol. The van der Waals surface area contributed by atoms with Crippen LogP contribution in [0.25, 0.3) is 0 Å². The zero-order valence-electron chi connectivity index (χ0n) is 9.25. The predicted octanol–water partition coefficient (Wildman–Crippen LogP) is 3.63. The van der Waals surface area contributed by atoms with Crippen LogP contribution >= 0.6 is 0 Å². The highest BCUT2D eigenvalue weighted by atomic mass is 19.4. The van der Waals surface area contributed by atoms with Crippen LogP contribution in [-0.4, -0.2) is 12.8 Å². The Labute approximate surface area is 101 Å². The molecule has 7 heteroatoms. The third-order valence-corrected chi connectivity index (χ3v) is 2.27. The van der Waals surface area contributed by atoms with E-state index in [1.54, 1.807) is 0 Å². The Bertz CT molecular complexity index is 380. The molecule has 2 N–H and O–H groups in total. The molecule has 0 aliphatic heterocycles. The van der Waals surface area contributed by atoms with Crippen LogP contribution in [0.3, 0.4) is 0 Å². The van der Waals surface area contributed by atoms with E-state index in [1.165, 1.54) is 24.3 Å². The lowest BCUT2D eigenvalue weighted by Crippen LogP contribution is -2.17. The van der Waals surface area contributed by atoms with Crippen molar-refractivity contribution in [2.75, 3.05) is 0 Å². The lowest BCUT2D eigenvalue weighted by molar-refractivity contribution is -0.136. The van der Waals surface area contributed by atoms with Gasteiger partial charge in [-0.05, 0) is 12.5 Å². The Morgan fingerprint density at radius 1 is 1.17 bits per heavy atom. The third kappa shape index (κ3) is 4.87. The summed E-state index contributed by atoms with van der Waals surface area (Å²) >= 11 is 0. The molecule has 0 heterocycles. The molecule has 0 bridgehead atoms. The molecule has 2 nitrogen and oxygen atoms in total. The van der Waals surface area contributed by atoms with Crippen LogP contribution in [-0.2, 0) is 0 Å². The summed E-state index contributed by atoms with van der Waals surface area (Å²) in [5.74, 6) is -0.192. The van der Waals surface area contributed by atoms with Crippen LogP contribution in [0.15, 0.2) is 24.3 Å². The molecule has 102 valence electrons. The first kappa shape index (κ1) is 14.7. The highest BCUT2D eigenvalue weighted by Gasteiger charge is 2.28. The number of benzene rings is 1. The van der Waals surface area contributed by atoms with Crippen molar-refractivity contribution in [2.45, 2.75) is 31.7 Å². The number of hydrogen-bond donors (Lipinski definition) is 1. The van der Waals surface area contributed by atoms with E-state index in [0.717, 1.165) is 0 Å². The van der Waals surface area contributed by atoms with Crippen molar-refractivity contribution in [3.05, 3.63) is 29.8 Å². The molecule has 0 spiro atoms. The first-order valence-corrected chi connectivity index (χ1v) is 5.15. The Morgan fingerprint density at radius 3 is 2.33 bits per heavy atom. The maximum absolute atomic E-state index is 12.1. The molecule has 0 aliphatic rings. The minimum Gasteiger partial charge on any atom is -0.434 e. The highest BCUT2D eigenvalue weighted by molar-refractivity contribution is 5.35. The van der Waals surface area contributed by atoms with Gasteiger partial charge < -0.3 is 10.5 Å². The van der Waals surface area contributed by atoms with Gasteiger partial charge in [0.1, 0.15) is 5.75 Å². The largest absolute Gasteiger partial charge is 0.434 e. The van der Waals surface area contributed by atoms with Crippen LogP contribution in [0.5, 0.6) is 5.75 Å². The molecule has 0 radical (unpaired) electrons. The molecule has 0 saturated heterocycles. The van der Waals surface area contributed by atoms with Crippen molar-refractivity contribution in [3.63, 3.8) is 0 Å². The van der Waals surface area contributed by atoms with Gasteiger partial charge in [-0.15, -0.1) is 0 Å². The Kier molecular flexibility index (Phi) is 4.89. The maximum Gasteiger partial charge on any atom is 0.389 e. The van der Waals surface area contributed by atoms with Crippen molar-refractivity contribution < 1.29 is 26.7 Å². The van der Waals surface area contributed by atoms with Crippen molar-refractivity contribution in [2.24, 2.45) is 5.73 Å². The number of alkyl halides is 5. The van der Waals surface area contributed by atoms with E-state index in [9.17, 15) is 22.0 Å². The third-order valence-electron chi connectivity index (χ3n) is 2.27. The summed E-state index contributed by atoms with van der Waals surface area (Å²) in [4.78, 5) is 0. The van der Waals surface area contributed by atoms with Crippen molar-refractivity contribution >= 4 is 0 Å². The van der Waals surface area contributed by atoms with E-state index in [4.69, 9.17) is 5.73 Å². The summed E-state index contributed by atoms with van der Waals surface area (Å²) in [7, 11) is 0. The normalized spacial score (nSPS) is 13.7. The van der Waals surface area contributed by atoms with E-state index in [0.29, 0.717) is 0 Å². The molecule has 1 unspecified atom stereocenters. The van der Waals surface area contributed by atoms with Crippen LogP contribution in [0.4, 0.5) is 22.0 Å². The summed E-state index contributed by atoms with van der Waals surface area (Å²) in [5, 5.41) is 0. The maximum atomic E-state index is 12.1. The Hall–Kier alpha value is -1.37. The van der Waals surface area contributed by atoms with E-state index in [-0.39, 0.29) is 17.7 Å². The molecule has 1 aromatic rings. The Balaban J connectivity index is 2.75. The zero-order chi connectivity index (χ0) is 13.8. The molecular weight excluding hydrogens is 257 g/mol. The standard InChI is InChI=1S/C11H12F5NO/c12-10(13)18-9-4-2-1-3-7(9)8(17)5-6-11(14,15)16/h1-4,8,10H,5-6,17H2. The first-order valence-electron chi connectivity index (χ1n) is 5.15. The van der Waals surface area contributed by atoms with Crippen molar-refractivity contribution in [1.29, 1.82) is 0 Å². The summed E-state index contributed by atoms with van der Waals surface area (Å²) in [5.41, 5.74) is 5.69. The van der Waals surface area contributed by atoms with Gasteiger partial charge in [0.25, 0.3) is 0 Å². The molecule has 18 heavy (non-hydrogen) atoms. The molecule has 0 saturated carbocycles. The van der Waals surface area contributed by atoms with Crippen LogP contribution in [0, 0.1) is 0 Å². The predicted molar refractivity (Wildman–Crippen MR) is 55.3 cm³/mol. The summed E-state index contributed by atoms with van der Waals surface area (Å²) in [6.07, 6.45) is -5.78. The quantitative estimate of drug-likeness (QED) is 0.828.